The van der Waals surface area contributed by atoms with Crippen molar-refractivity contribution >= 4 is 10.0 Å². The number of hydrogen-bond donors (Lipinski definition) is 1. The Labute approximate surface area is 101 Å². The quantitative estimate of drug-likeness (QED) is 0.858. The highest BCUT2D eigenvalue weighted by Crippen LogP contribution is 2.27. The zero-order valence-electron chi connectivity index (χ0n) is 9.39. The minimum atomic E-state index is -3.24. The zero-order valence-corrected chi connectivity index (χ0v) is 10.2. The van der Waals surface area contributed by atoms with Gasteiger partial charge in [0.05, 0.1) is 17.4 Å². The van der Waals surface area contributed by atoms with E-state index in [1.807, 2.05) is 6.07 Å². The molecule has 4 nitrogen and oxygen atoms in total. The minimum absolute atomic E-state index is 0.0224. The van der Waals surface area contributed by atoms with Gasteiger partial charge >= 0.3 is 0 Å². The van der Waals surface area contributed by atoms with Gasteiger partial charge < -0.3 is 0 Å². The summed E-state index contributed by atoms with van der Waals surface area (Å²) in [5, 5.41) is 8.63. The second-order valence-corrected chi connectivity index (χ2v) is 6.17. The Balaban J connectivity index is 1.95. The van der Waals surface area contributed by atoms with Crippen LogP contribution in [0.4, 0.5) is 0 Å². The first-order chi connectivity index (χ1) is 8.09. The van der Waals surface area contributed by atoms with Gasteiger partial charge in [-0.05, 0) is 36.5 Å². The van der Waals surface area contributed by atoms with Gasteiger partial charge in [0.15, 0.2) is 0 Å². The van der Waals surface area contributed by atoms with Crippen molar-refractivity contribution in [3.8, 4) is 6.07 Å². The Bertz CT molecular complexity index is 525. The highest BCUT2D eigenvalue weighted by molar-refractivity contribution is 7.88. The molecular weight excluding hydrogens is 236 g/mol. The summed E-state index contributed by atoms with van der Waals surface area (Å²) in [7, 11) is -3.24. The number of benzene rings is 1. The van der Waals surface area contributed by atoms with Gasteiger partial charge in [0.2, 0.25) is 10.0 Å². The van der Waals surface area contributed by atoms with Crippen LogP contribution < -0.4 is 4.72 Å². The molecule has 0 heterocycles. The molecule has 1 aliphatic rings. The standard InChI is InChI=1S/C12H14N2O2S/c13-7-10-1-5-12(6-2-10)9-17(15,16)14-8-11-3-4-11/h1-2,5-6,11,14H,3-4,8-9H2. The van der Waals surface area contributed by atoms with E-state index in [1.54, 1.807) is 24.3 Å². The monoisotopic (exact) mass is 250 g/mol. The Hall–Kier alpha value is -1.38. The van der Waals surface area contributed by atoms with E-state index in [1.165, 1.54) is 0 Å². The predicted molar refractivity (Wildman–Crippen MR) is 64.5 cm³/mol. The molecule has 17 heavy (non-hydrogen) atoms. The normalized spacial score (nSPS) is 15.5. The Morgan fingerprint density at radius 1 is 1.29 bits per heavy atom. The summed E-state index contributed by atoms with van der Waals surface area (Å²) in [6.45, 7) is 0.554. The topological polar surface area (TPSA) is 70.0 Å². The van der Waals surface area contributed by atoms with Gasteiger partial charge in [0, 0.05) is 6.54 Å². The lowest BCUT2D eigenvalue weighted by Gasteiger charge is -2.05. The average Bonchev–Trinajstić information content (AvgIpc) is 3.11. The SMILES string of the molecule is N#Cc1ccc(CS(=O)(=O)NCC2CC2)cc1. The van der Waals surface area contributed by atoms with Crippen molar-refractivity contribution < 1.29 is 8.42 Å². The molecule has 1 N–H and O–H groups in total. The van der Waals surface area contributed by atoms with E-state index in [2.05, 4.69) is 4.72 Å². The third kappa shape index (κ3) is 3.84. The molecule has 0 saturated heterocycles. The van der Waals surface area contributed by atoms with Crippen molar-refractivity contribution in [3.63, 3.8) is 0 Å². The fourth-order valence-electron chi connectivity index (χ4n) is 1.51. The van der Waals surface area contributed by atoms with Crippen LogP contribution in [0.25, 0.3) is 0 Å². The van der Waals surface area contributed by atoms with Crippen molar-refractivity contribution in [1.82, 2.24) is 4.72 Å². The summed E-state index contributed by atoms with van der Waals surface area (Å²) in [5.74, 6) is 0.511. The summed E-state index contributed by atoms with van der Waals surface area (Å²) in [4.78, 5) is 0. The Kier molecular flexibility index (Phi) is 3.46. The van der Waals surface area contributed by atoms with Gasteiger partial charge in [0.25, 0.3) is 0 Å². The molecule has 0 unspecified atom stereocenters. The Morgan fingerprint density at radius 3 is 2.47 bits per heavy atom. The van der Waals surface area contributed by atoms with Gasteiger partial charge in [0.1, 0.15) is 0 Å². The molecule has 0 amide bonds. The van der Waals surface area contributed by atoms with Crippen LogP contribution in [-0.2, 0) is 15.8 Å². The fraction of sp³-hybridized carbons (Fsp3) is 0.417. The molecule has 1 aromatic carbocycles. The smallest absolute Gasteiger partial charge is 0.215 e. The van der Waals surface area contributed by atoms with Gasteiger partial charge in [-0.25, -0.2) is 13.1 Å². The van der Waals surface area contributed by atoms with Crippen LogP contribution in [-0.4, -0.2) is 15.0 Å². The molecule has 90 valence electrons. The van der Waals surface area contributed by atoms with E-state index in [0.717, 1.165) is 12.8 Å². The number of nitrogens with one attached hydrogen (secondary N) is 1. The maximum Gasteiger partial charge on any atom is 0.215 e. The molecule has 2 rings (SSSR count). The van der Waals surface area contributed by atoms with Gasteiger partial charge in [-0.15, -0.1) is 0 Å². The average molecular weight is 250 g/mol. The molecule has 0 aliphatic heterocycles. The fourth-order valence-corrected chi connectivity index (χ4v) is 2.74. The zero-order chi connectivity index (χ0) is 12.3. The second-order valence-electron chi connectivity index (χ2n) is 4.36. The molecule has 1 aliphatic carbocycles. The van der Waals surface area contributed by atoms with Crippen molar-refractivity contribution in [3.05, 3.63) is 35.4 Å². The molecule has 1 fully saturated rings. The summed E-state index contributed by atoms with van der Waals surface area (Å²) in [6, 6.07) is 8.61. The van der Waals surface area contributed by atoms with Crippen LogP contribution in [0.1, 0.15) is 24.0 Å². The maximum atomic E-state index is 11.7. The molecule has 0 spiro atoms. The van der Waals surface area contributed by atoms with Crippen LogP contribution in [0.5, 0.6) is 0 Å². The van der Waals surface area contributed by atoms with Gasteiger partial charge in [-0.3, -0.25) is 0 Å². The molecule has 0 aromatic heterocycles. The first-order valence-electron chi connectivity index (χ1n) is 5.55. The number of hydrogen-bond acceptors (Lipinski definition) is 3. The second kappa shape index (κ2) is 4.86. The predicted octanol–water partition coefficient (Wildman–Crippen LogP) is 1.39. The molecule has 1 saturated carbocycles. The van der Waals surface area contributed by atoms with Gasteiger partial charge in [-0.1, -0.05) is 12.1 Å². The molecule has 1 aromatic rings. The van der Waals surface area contributed by atoms with Crippen molar-refractivity contribution in [1.29, 1.82) is 5.26 Å². The molecular formula is C12H14N2O2S. The lowest BCUT2D eigenvalue weighted by molar-refractivity contribution is 0.576. The highest BCUT2D eigenvalue weighted by Gasteiger charge is 2.23. The van der Waals surface area contributed by atoms with E-state index in [4.69, 9.17) is 5.26 Å². The van der Waals surface area contributed by atoms with Crippen LogP contribution in [0.2, 0.25) is 0 Å². The van der Waals surface area contributed by atoms with Crippen LogP contribution in [0.15, 0.2) is 24.3 Å². The Morgan fingerprint density at radius 2 is 1.94 bits per heavy atom. The first-order valence-corrected chi connectivity index (χ1v) is 7.21. The third-order valence-corrected chi connectivity index (χ3v) is 4.05. The van der Waals surface area contributed by atoms with Crippen molar-refractivity contribution in [2.75, 3.05) is 6.54 Å². The molecule has 5 heteroatoms. The number of sulfonamides is 1. The summed E-state index contributed by atoms with van der Waals surface area (Å²) in [6.07, 6.45) is 2.25. The van der Waals surface area contributed by atoms with E-state index < -0.39 is 10.0 Å². The van der Waals surface area contributed by atoms with E-state index in [9.17, 15) is 8.42 Å². The summed E-state index contributed by atoms with van der Waals surface area (Å²) >= 11 is 0. The number of rotatable bonds is 5. The third-order valence-electron chi connectivity index (χ3n) is 2.73. The van der Waals surface area contributed by atoms with Crippen LogP contribution in [0.3, 0.4) is 0 Å². The number of nitrogens with zero attached hydrogens (tertiary/aromatic N) is 1. The summed E-state index contributed by atoms with van der Waals surface area (Å²) < 4.78 is 26.0. The maximum absolute atomic E-state index is 11.7. The lowest BCUT2D eigenvalue weighted by atomic mass is 10.2. The van der Waals surface area contributed by atoms with E-state index >= 15 is 0 Å². The molecule has 0 bridgehead atoms. The van der Waals surface area contributed by atoms with Crippen molar-refractivity contribution in [2.24, 2.45) is 5.92 Å². The van der Waals surface area contributed by atoms with E-state index in [-0.39, 0.29) is 5.75 Å². The molecule has 0 atom stereocenters. The minimum Gasteiger partial charge on any atom is -0.215 e. The first kappa shape index (κ1) is 12.1. The van der Waals surface area contributed by atoms with Crippen LogP contribution >= 0.6 is 0 Å². The van der Waals surface area contributed by atoms with E-state index in [0.29, 0.717) is 23.6 Å². The van der Waals surface area contributed by atoms with Gasteiger partial charge in [-0.2, -0.15) is 5.26 Å². The summed E-state index contributed by atoms with van der Waals surface area (Å²) in [5.41, 5.74) is 1.24. The molecule has 0 radical (unpaired) electrons. The lowest BCUT2D eigenvalue weighted by Crippen LogP contribution is -2.27. The number of nitriles is 1. The largest absolute Gasteiger partial charge is 0.215 e. The highest BCUT2D eigenvalue weighted by atomic mass is 32.2. The van der Waals surface area contributed by atoms with Crippen LogP contribution in [0, 0.1) is 17.2 Å². The van der Waals surface area contributed by atoms with Crippen molar-refractivity contribution in [2.45, 2.75) is 18.6 Å².